The molecule has 10 heteroatoms. The Labute approximate surface area is 196 Å². The Morgan fingerprint density at radius 3 is 2.67 bits per heavy atom. The highest BCUT2D eigenvalue weighted by molar-refractivity contribution is 6.34. The van der Waals surface area contributed by atoms with Gasteiger partial charge >= 0.3 is 0 Å². The van der Waals surface area contributed by atoms with Crippen LogP contribution in [0.4, 0.5) is 5.69 Å². The van der Waals surface area contributed by atoms with Crippen LogP contribution < -0.4 is 4.90 Å². The second-order valence-corrected chi connectivity index (χ2v) is 8.99. The second-order valence-electron chi connectivity index (χ2n) is 8.61. The Hall–Kier alpha value is -3.17. The van der Waals surface area contributed by atoms with Crippen LogP contribution in [0.15, 0.2) is 30.7 Å². The molecule has 0 spiro atoms. The summed E-state index contributed by atoms with van der Waals surface area (Å²) in [6.45, 7) is 3.61. The first kappa shape index (κ1) is 21.7. The van der Waals surface area contributed by atoms with Crippen molar-refractivity contribution >= 4 is 29.1 Å². The molecule has 1 aromatic carbocycles. The molecule has 9 nitrogen and oxygen atoms in total. The molecule has 0 bridgehead atoms. The number of hydrogen-bond donors (Lipinski definition) is 1. The molecular weight excluding hydrogens is 442 g/mol. The molecular formula is C23H26ClN7O2. The van der Waals surface area contributed by atoms with E-state index in [0.717, 1.165) is 41.2 Å². The van der Waals surface area contributed by atoms with Crippen LogP contribution in [0.25, 0.3) is 11.3 Å². The predicted octanol–water partition coefficient (Wildman–Crippen LogP) is 2.33. The number of amides is 2. The van der Waals surface area contributed by atoms with Gasteiger partial charge in [-0.3, -0.25) is 24.3 Å². The van der Waals surface area contributed by atoms with E-state index in [9.17, 15) is 9.59 Å². The summed E-state index contributed by atoms with van der Waals surface area (Å²) in [6, 6.07) is 3.90. The molecule has 2 amide bonds. The summed E-state index contributed by atoms with van der Waals surface area (Å²) in [5, 5.41) is 12.2. The minimum absolute atomic E-state index is 0.0241. The topological polar surface area (TPSA) is 90.4 Å². The number of hydrogen-bond acceptors (Lipinski definition) is 5. The summed E-state index contributed by atoms with van der Waals surface area (Å²) in [7, 11) is 3.60. The molecule has 1 saturated heterocycles. The van der Waals surface area contributed by atoms with Crippen LogP contribution in [0.1, 0.15) is 27.9 Å². The number of H-pyrrole nitrogens is 1. The first-order chi connectivity index (χ1) is 15.9. The number of benzene rings is 1. The van der Waals surface area contributed by atoms with Crippen molar-refractivity contribution in [3.05, 3.63) is 52.4 Å². The normalized spacial score (nSPS) is 16.9. The van der Waals surface area contributed by atoms with Gasteiger partial charge in [0, 0.05) is 82.4 Å². The Balaban J connectivity index is 1.29. The standard InChI is InChI=1S/C23H26ClN7O2/c1-28-13-16(12-26-28)23(33)31-9-7-30(8-10-31)14-15-11-25-27-22(15)18-3-5-19-17(21(18)24)4-6-20(32)29(19)2/h3,5,11-13H,4,6-10,14H2,1-2H3,(H,25,27). The second kappa shape index (κ2) is 8.64. The largest absolute Gasteiger partial charge is 0.336 e. The van der Waals surface area contributed by atoms with Crippen molar-refractivity contribution in [2.45, 2.75) is 19.4 Å². The molecule has 2 aromatic heterocycles. The zero-order chi connectivity index (χ0) is 23.1. The average Bonchev–Trinajstić information content (AvgIpc) is 3.46. The maximum absolute atomic E-state index is 12.7. The molecule has 1 fully saturated rings. The summed E-state index contributed by atoms with van der Waals surface area (Å²) in [6.07, 6.45) is 6.37. The van der Waals surface area contributed by atoms with Crippen LogP contribution in [-0.4, -0.2) is 74.8 Å². The van der Waals surface area contributed by atoms with Crippen LogP contribution in [0, 0.1) is 0 Å². The molecule has 2 aliphatic heterocycles. The molecule has 0 atom stereocenters. The fourth-order valence-electron chi connectivity index (χ4n) is 4.61. The molecule has 4 heterocycles. The van der Waals surface area contributed by atoms with Gasteiger partial charge in [-0.1, -0.05) is 11.6 Å². The summed E-state index contributed by atoms with van der Waals surface area (Å²) in [4.78, 5) is 30.6. The number of carbonyl (C=O) groups is 2. The van der Waals surface area contributed by atoms with Crippen molar-refractivity contribution in [3.8, 4) is 11.3 Å². The third kappa shape index (κ3) is 4.02. The van der Waals surface area contributed by atoms with Crippen LogP contribution >= 0.6 is 11.6 Å². The van der Waals surface area contributed by atoms with Gasteiger partial charge < -0.3 is 9.80 Å². The van der Waals surface area contributed by atoms with Gasteiger partial charge in [-0.15, -0.1) is 0 Å². The van der Waals surface area contributed by atoms with E-state index in [1.807, 2.05) is 30.3 Å². The Morgan fingerprint density at radius 2 is 1.94 bits per heavy atom. The van der Waals surface area contributed by atoms with E-state index in [0.29, 0.717) is 43.1 Å². The SMILES string of the molecule is CN1C(=O)CCc2c1ccc(-c1n[nH]cc1CN1CCN(C(=O)c3cnn(C)c3)CC1)c2Cl. The minimum atomic E-state index is 0.0241. The minimum Gasteiger partial charge on any atom is -0.336 e. The molecule has 5 rings (SSSR count). The lowest BCUT2D eigenvalue weighted by atomic mass is 9.96. The van der Waals surface area contributed by atoms with Gasteiger partial charge in [0.05, 0.1) is 22.5 Å². The van der Waals surface area contributed by atoms with Crippen molar-refractivity contribution in [1.82, 2.24) is 29.8 Å². The number of fused-ring (bicyclic) bond motifs is 1. The number of carbonyl (C=O) groups excluding carboxylic acids is 2. The van der Waals surface area contributed by atoms with Gasteiger partial charge in [-0.25, -0.2) is 0 Å². The van der Waals surface area contributed by atoms with Gasteiger partial charge in [-0.05, 0) is 24.1 Å². The zero-order valence-electron chi connectivity index (χ0n) is 18.7. The molecule has 0 saturated carbocycles. The highest BCUT2D eigenvalue weighted by Crippen LogP contribution is 2.39. The van der Waals surface area contributed by atoms with Crippen LogP contribution in [0.5, 0.6) is 0 Å². The van der Waals surface area contributed by atoms with E-state index < -0.39 is 0 Å². The van der Waals surface area contributed by atoms with E-state index in [2.05, 4.69) is 20.2 Å². The smallest absolute Gasteiger partial charge is 0.257 e. The Bertz CT molecular complexity index is 1210. The fraction of sp³-hybridized carbons (Fsp3) is 0.391. The summed E-state index contributed by atoms with van der Waals surface area (Å²) in [5.74, 6) is 0.129. The molecule has 33 heavy (non-hydrogen) atoms. The van der Waals surface area contributed by atoms with E-state index in [4.69, 9.17) is 11.6 Å². The van der Waals surface area contributed by atoms with Crippen molar-refractivity contribution < 1.29 is 9.59 Å². The zero-order valence-corrected chi connectivity index (χ0v) is 19.5. The van der Waals surface area contributed by atoms with Crippen molar-refractivity contribution in [2.75, 3.05) is 38.1 Å². The summed E-state index contributed by atoms with van der Waals surface area (Å²) in [5.41, 5.74) is 5.25. The number of anilines is 1. The summed E-state index contributed by atoms with van der Waals surface area (Å²) < 4.78 is 1.64. The molecule has 3 aromatic rings. The Kier molecular flexibility index (Phi) is 5.67. The highest BCUT2D eigenvalue weighted by atomic mass is 35.5. The molecule has 0 radical (unpaired) electrons. The van der Waals surface area contributed by atoms with Crippen LogP contribution in [-0.2, 0) is 24.8 Å². The monoisotopic (exact) mass is 467 g/mol. The maximum Gasteiger partial charge on any atom is 0.257 e. The van der Waals surface area contributed by atoms with E-state index in [1.54, 1.807) is 29.0 Å². The van der Waals surface area contributed by atoms with E-state index in [1.165, 1.54) is 0 Å². The van der Waals surface area contributed by atoms with E-state index in [-0.39, 0.29) is 11.8 Å². The summed E-state index contributed by atoms with van der Waals surface area (Å²) >= 11 is 6.80. The van der Waals surface area contributed by atoms with Crippen LogP contribution in [0.2, 0.25) is 5.02 Å². The van der Waals surface area contributed by atoms with Gasteiger partial charge in [0.15, 0.2) is 0 Å². The molecule has 2 aliphatic rings. The number of halogens is 1. The number of nitrogens with zero attached hydrogens (tertiary/aromatic N) is 6. The lowest BCUT2D eigenvalue weighted by molar-refractivity contribution is -0.118. The van der Waals surface area contributed by atoms with Crippen molar-refractivity contribution in [2.24, 2.45) is 7.05 Å². The third-order valence-electron chi connectivity index (χ3n) is 6.52. The van der Waals surface area contributed by atoms with Crippen molar-refractivity contribution in [3.63, 3.8) is 0 Å². The Morgan fingerprint density at radius 1 is 1.15 bits per heavy atom. The van der Waals surface area contributed by atoms with Crippen LogP contribution in [0.3, 0.4) is 0 Å². The lowest BCUT2D eigenvalue weighted by Gasteiger charge is -2.34. The van der Waals surface area contributed by atoms with Gasteiger partial charge in [0.25, 0.3) is 5.91 Å². The van der Waals surface area contributed by atoms with Gasteiger partial charge in [0.1, 0.15) is 0 Å². The van der Waals surface area contributed by atoms with Crippen molar-refractivity contribution in [1.29, 1.82) is 0 Å². The number of aromatic nitrogens is 4. The number of aryl methyl sites for hydroxylation is 1. The van der Waals surface area contributed by atoms with Gasteiger partial charge in [-0.2, -0.15) is 10.2 Å². The molecule has 0 aliphatic carbocycles. The highest BCUT2D eigenvalue weighted by Gasteiger charge is 2.27. The molecule has 0 unspecified atom stereocenters. The lowest BCUT2D eigenvalue weighted by Crippen LogP contribution is -2.48. The molecule has 172 valence electrons. The fourth-order valence-corrected chi connectivity index (χ4v) is 4.96. The first-order valence-electron chi connectivity index (χ1n) is 11.0. The molecule has 1 N–H and O–H groups in total. The third-order valence-corrected chi connectivity index (χ3v) is 6.95. The average molecular weight is 468 g/mol. The first-order valence-corrected chi connectivity index (χ1v) is 11.4. The van der Waals surface area contributed by atoms with E-state index >= 15 is 0 Å². The number of rotatable bonds is 4. The number of piperazine rings is 1. The van der Waals surface area contributed by atoms with Gasteiger partial charge in [0.2, 0.25) is 5.91 Å². The quantitative estimate of drug-likeness (QED) is 0.636. The predicted molar refractivity (Wildman–Crippen MR) is 125 cm³/mol. The maximum atomic E-state index is 12.7. The number of nitrogens with one attached hydrogen (secondary N) is 1. The number of aromatic amines is 1.